The van der Waals surface area contributed by atoms with Crippen LogP contribution in [0.15, 0.2) is 12.2 Å². The average Bonchev–Trinajstić information content (AvgIpc) is 2.29. The van der Waals surface area contributed by atoms with E-state index in [4.69, 9.17) is 13.9 Å². The lowest BCUT2D eigenvalue weighted by Gasteiger charge is -2.39. The second-order valence-corrected chi connectivity index (χ2v) is 11.8. The second kappa shape index (κ2) is 6.71. The number of hydrogen-bond acceptors (Lipinski definition) is 4. The molecule has 1 heterocycles. The lowest BCUT2D eigenvalue weighted by atomic mass is 10.1. The van der Waals surface area contributed by atoms with Crippen LogP contribution in [0, 0.1) is 0 Å². The molecule has 0 fully saturated rings. The minimum atomic E-state index is -1.79. The van der Waals surface area contributed by atoms with Crippen LogP contribution < -0.4 is 0 Å². The van der Waals surface area contributed by atoms with Gasteiger partial charge in [-0.1, -0.05) is 26.8 Å². The third kappa shape index (κ3) is 4.67. The Bertz CT molecular complexity index is 335. The highest BCUT2D eigenvalue weighted by Crippen LogP contribution is 2.37. The number of ether oxygens (including phenoxy) is 2. The fourth-order valence-corrected chi connectivity index (χ4v) is 3.47. The van der Waals surface area contributed by atoms with Crippen LogP contribution in [0.3, 0.4) is 0 Å². The molecule has 1 N–H and O–H groups in total. The number of aliphatic hydroxyl groups is 1. The van der Waals surface area contributed by atoms with Gasteiger partial charge in [0.05, 0.1) is 12.2 Å². The van der Waals surface area contributed by atoms with Crippen molar-refractivity contribution in [2.45, 2.75) is 76.8 Å². The molecular formula is C15H30O4Si. The first-order valence-electron chi connectivity index (χ1n) is 7.29. The molecule has 1 aliphatic heterocycles. The summed E-state index contributed by atoms with van der Waals surface area (Å²) in [6.45, 7) is 13.2. The van der Waals surface area contributed by atoms with Crippen LogP contribution in [0.25, 0.3) is 0 Å². The summed E-state index contributed by atoms with van der Waals surface area (Å²) in [7, 11) is -0.190. The van der Waals surface area contributed by atoms with Gasteiger partial charge in [-0.05, 0) is 31.1 Å². The second-order valence-electron chi connectivity index (χ2n) is 7.08. The highest BCUT2D eigenvalue weighted by molar-refractivity contribution is 6.74. The van der Waals surface area contributed by atoms with Crippen LogP contribution in [0.1, 0.15) is 34.1 Å². The minimum absolute atomic E-state index is 0.0551. The zero-order chi connectivity index (χ0) is 15.6. The Morgan fingerprint density at radius 2 is 1.90 bits per heavy atom. The van der Waals surface area contributed by atoms with Crippen LogP contribution in [-0.4, -0.2) is 45.1 Å². The van der Waals surface area contributed by atoms with Crippen molar-refractivity contribution in [2.75, 3.05) is 7.11 Å². The molecule has 4 atom stereocenters. The Labute approximate surface area is 124 Å². The average molecular weight is 302 g/mol. The fourth-order valence-electron chi connectivity index (χ4n) is 2.01. The number of hydrogen-bond donors (Lipinski definition) is 1. The van der Waals surface area contributed by atoms with Gasteiger partial charge in [0.15, 0.2) is 14.6 Å². The zero-order valence-electron chi connectivity index (χ0n) is 13.8. The van der Waals surface area contributed by atoms with Crippen molar-refractivity contribution in [3.05, 3.63) is 12.2 Å². The first-order valence-corrected chi connectivity index (χ1v) is 10.2. The number of aliphatic hydroxyl groups excluding tert-OH is 1. The van der Waals surface area contributed by atoms with Crippen molar-refractivity contribution in [1.82, 2.24) is 0 Å². The standard InChI is InChI=1S/C15H30O4Si/c1-11(19-20(6,7)15(2,3)4)10-13-12(16)8-9-14(17-5)18-13/h8-9,11-14,16H,10H2,1-7H3/t11?,12-,13+,14?/m1/s1. The fraction of sp³-hybridized carbons (Fsp3) is 0.867. The van der Waals surface area contributed by atoms with Gasteiger partial charge in [-0.2, -0.15) is 0 Å². The number of rotatable bonds is 5. The van der Waals surface area contributed by atoms with E-state index >= 15 is 0 Å². The van der Waals surface area contributed by atoms with Gasteiger partial charge in [-0.15, -0.1) is 0 Å². The molecule has 0 bridgehead atoms. The zero-order valence-corrected chi connectivity index (χ0v) is 14.8. The maximum atomic E-state index is 9.98. The molecule has 0 aliphatic carbocycles. The molecule has 4 nitrogen and oxygen atoms in total. The van der Waals surface area contributed by atoms with Gasteiger partial charge < -0.3 is 19.0 Å². The molecule has 0 saturated carbocycles. The maximum Gasteiger partial charge on any atom is 0.192 e. The predicted octanol–water partition coefficient (Wildman–Crippen LogP) is 3.08. The molecule has 0 saturated heterocycles. The summed E-state index contributed by atoms with van der Waals surface area (Å²) in [5.41, 5.74) is 0. The Morgan fingerprint density at radius 3 is 2.40 bits per heavy atom. The van der Waals surface area contributed by atoms with Gasteiger partial charge in [-0.3, -0.25) is 0 Å². The normalized spacial score (nSPS) is 29.5. The molecule has 1 aliphatic rings. The minimum Gasteiger partial charge on any atom is -0.414 e. The molecule has 5 heteroatoms. The van der Waals surface area contributed by atoms with Crippen molar-refractivity contribution < 1.29 is 19.0 Å². The molecule has 0 aromatic carbocycles. The van der Waals surface area contributed by atoms with Gasteiger partial charge >= 0.3 is 0 Å². The lowest BCUT2D eigenvalue weighted by molar-refractivity contribution is -0.164. The van der Waals surface area contributed by atoms with E-state index in [0.717, 1.165) is 0 Å². The van der Waals surface area contributed by atoms with Gasteiger partial charge in [-0.25, -0.2) is 0 Å². The van der Waals surface area contributed by atoms with Crippen LogP contribution in [0.5, 0.6) is 0 Å². The molecule has 2 unspecified atom stereocenters. The van der Waals surface area contributed by atoms with Crippen molar-refractivity contribution >= 4 is 8.32 Å². The first-order chi connectivity index (χ1) is 9.06. The Balaban J connectivity index is 2.58. The van der Waals surface area contributed by atoms with Crippen molar-refractivity contribution in [3.8, 4) is 0 Å². The maximum absolute atomic E-state index is 9.98. The van der Waals surface area contributed by atoms with Gasteiger partial charge in [0, 0.05) is 19.6 Å². The molecule has 0 aromatic rings. The Kier molecular flexibility index (Phi) is 5.98. The summed E-state index contributed by atoms with van der Waals surface area (Å²) in [4.78, 5) is 0. The van der Waals surface area contributed by atoms with Crippen molar-refractivity contribution in [3.63, 3.8) is 0 Å². The molecular weight excluding hydrogens is 272 g/mol. The predicted molar refractivity (Wildman–Crippen MR) is 83.2 cm³/mol. The highest BCUT2D eigenvalue weighted by atomic mass is 28.4. The van der Waals surface area contributed by atoms with Crippen molar-refractivity contribution in [1.29, 1.82) is 0 Å². The van der Waals surface area contributed by atoms with Crippen LogP contribution in [0.2, 0.25) is 18.1 Å². The van der Waals surface area contributed by atoms with Gasteiger partial charge in [0.25, 0.3) is 0 Å². The summed E-state index contributed by atoms with van der Waals surface area (Å²) in [5, 5.41) is 10.2. The Morgan fingerprint density at radius 1 is 1.30 bits per heavy atom. The Hall–Kier alpha value is -0.203. The molecule has 1 rings (SSSR count). The van der Waals surface area contributed by atoms with Gasteiger partial charge in [0.2, 0.25) is 0 Å². The summed E-state index contributed by atoms with van der Waals surface area (Å²) in [6.07, 6.45) is 2.96. The van der Waals surface area contributed by atoms with E-state index < -0.39 is 14.4 Å². The van der Waals surface area contributed by atoms with E-state index in [1.165, 1.54) is 0 Å². The largest absolute Gasteiger partial charge is 0.414 e. The van der Waals surface area contributed by atoms with E-state index in [1.807, 2.05) is 0 Å². The monoisotopic (exact) mass is 302 g/mol. The van der Waals surface area contributed by atoms with Crippen LogP contribution in [-0.2, 0) is 13.9 Å². The molecule has 0 radical (unpaired) electrons. The third-order valence-electron chi connectivity index (χ3n) is 4.25. The van der Waals surface area contributed by atoms with E-state index in [0.29, 0.717) is 6.42 Å². The van der Waals surface area contributed by atoms with Crippen molar-refractivity contribution in [2.24, 2.45) is 0 Å². The van der Waals surface area contributed by atoms with E-state index in [-0.39, 0.29) is 23.5 Å². The summed E-state index contributed by atoms with van der Waals surface area (Å²) < 4.78 is 17.2. The molecule has 20 heavy (non-hydrogen) atoms. The molecule has 0 amide bonds. The quantitative estimate of drug-likeness (QED) is 0.626. The molecule has 0 spiro atoms. The lowest BCUT2D eigenvalue weighted by Crippen LogP contribution is -2.45. The number of methoxy groups -OCH3 is 1. The third-order valence-corrected chi connectivity index (χ3v) is 8.86. The summed E-state index contributed by atoms with van der Waals surface area (Å²) >= 11 is 0. The van der Waals surface area contributed by atoms with E-state index in [9.17, 15) is 5.11 Å². The SMILES string of the molecule is COC1C=C[C@@H](O)[C@H](CC(C)O[Si](C)(C)C(C)(C)C)O1. The summed E-state index contributed by atoms with van der Waals surface area (Å²) in [5.74, 6) is 0. The molecule has 0 aromatic heterocycles. The van der Waals surface area contributed by atoms with Gasteiger partial charge in [0.1, 0.15) is 0 Å². The highest BCUT2D eigenvalue weighted by Gasteiger charge is 2.39. The molecule has 118 valence electrons. The summed E-state index contributed by atoms with van der Waals surface area (Å²) in [6, 6.07) is 0. The first kappa shape index (κ1) is 17.8. The van der Waals surface area contributed by atoms with Crippen LogP contribution >= 0.6 is 0 Å². The van der Waals surface area contributed by atoms with E-state index in [2.05, 4.69) is 40.8 Å². The van der Waals surface area contributed by atoms with E-state index in [1.54, 1.807) is 19.3 Å². The van der Waals surface area contributed by atoms with Crippen LogP contribution in [0.4, 0.5) is 0 Å². The smallest absolute Gasteiger partial charge is 0.192 e. The topological polar surface area (TPSA) is 47.9 Å².